The molecule has 2 heterocycles. The van der Waals surface area contributed by atoms with Crippen molar-refractivity contribution < 1.29 is 19.1 Å². The molecule has 1 amide bonds. The number of hydrogen-bond donors (Lipinski definition) is 2. The van der Waals surface area contributed by atoms with E-state index in [9.17, 15) is 9.59 Å². The molecule has 0 bridgehead atoms. The molecule has 1 aliphatic heterocycles. The number of carbonyl (C=O) groups excluding carboxylic acids is 1. The molecule has 0 atom stereocenters. The van der Waals surface area contributed by atoms with E-state index in [0.29, 0.717) is 30.0 Å². The maximum Gasteiger partial charge on any atom is 0.328 e. The van der Waals surface area contributed by atoms with Crippen LogP contribution < -0.4 is 5.32 Å². The average molecular weight is 207 g/mol. The minimum absolute atomic E-state index is 0.171. The molecule has 78 valence electrons. The molecule has 0 aliphatic carbocycles. The highest BCUT2D eigenvalue weighted by molar-refractivity contribution is 5.96. The molecule has 5 heteroatoms. The molecule has 0 radical (unpaired) electrons. The van der Waals surface area contributed by atoms with E-state index in [1.54, 1.807) is 6.07 Å². The van der Waals surface area contributed by atoms with Gasteiger partial charge < -0.3 is 14.8 Å². The zero-order valence-electron chi connectivity index (χ0n) is 7.82. The van der Waals surface area contributed by atoms with Gasteiger partial charge in [0.15, 0.2) is 0 Å². The molecule has 0 aromatic carbocycles. The highest BCUT2D eigenvalue weighted by Crippen LogP contribution is 2.19. The van der Waals surface area contributed by atoms with Gasteiger partial charge in [0, 0.05) is 19.0 Å². The summed E-state index contributed by atoms with van der Waals surface area (Å²) in [4.78, 5) is 21.6. The molecule has 2 N–H and O–H groups in total. The van der Waals surface area contributed by atoms with Crippen molar-refractivity contribution in [2.75, 3.05) is 6.54 Å². The van der Waals surface area contributed by atoms with Crippen molar-refractivity contribution in [3.05, 3.63) is 29.2 Å². The van der Waals surface area contributed by atoms with Crippen LogP contribution >= 0.6 is 0 Å². The number of furan rings is 1. The standard InChI is InChI=1S/C10H9NO4/c12-9(13)2-1-6-5-7-8(15-6)3-4-11-10(7)14/h1-2,5H,3-4H2,(H,11,14)(H,12,13)/b2-1+. The van der Waals surface area contributed by atoms with Crippen molar-refractivity contribution >= 4 is 18.0 Å². The topological polar surface area (TPSA) is 79.5 Å². The molecule has 1 aromatic heterocycles. The predicted molar refractivity (Wildman–Crippen MR) is 51.4 cm³/mol. The molecule has 2 rings (SSSR count). The van der Waals surface area contributed by atoms with Gasteiger partial charge >= 0.3 is 5.97 Å². The van der Waals surface area contributed by atoms with Crippen molar-refractivity contribution in [1.29, 1.82) is 0 Å². The SMILES string of the molecule is O=C(O)/C=C/c1cc2c(o1)CCNC2=O. The first-order valence-electron chi connectivity index (χ1n) is 4.49. The lowest BCUT2D eigenvalue weighted by Gasteiger charge is -2.09. The number of fused-ring (bicyclic) bond motifs is 1. The third-order valence-corrected chi connectivity index (χ3v) is 2.10. The van der Waals surface area contributed by atoms with E-state index in [1.807, 2.05) is 0 Å². The maximum absolute atomic E-state index is 11.3. The van der Waals surface area contributed by atoms with Crippen LogP contribution in [0.2, 0.25) is 0 Å². The fourth-order valence-corrected chi connectivity index (χ4v) is 1.45. The Labute approximate surface area is 85.4 Å². The zero-order chi connectivity index (χ0) is 10.8. The van der Waals surface area contributed by atoms with E-state index < -0.39 is 5.97 Å². The first-order chi connectivity index (χ1) is 7.16. The summed E-state index contributed by atoms with van der Waals surface area (Å²) >= 11 is 0. The predicted octanol–water partition coefficient (Wildman–Crippen LogP) is 0.663. The Morgan fingerprint density at radius 2 is 2.40 bits per heavy atom. The molecule has 1 aliphatic rings. The molecule has 0 spiro atoms. The Balaban J connectivity index is 2.29. The van der Waals surface area contributed by atoms with Gasteiger partial charge in [-0.15, -0.1) is 0 Å². The van der Waals surface area contributed by atoms with E-state index in [4.69, 9.17) is 9.52 Å². The molecule has 5 nitrogen and oxygen atoms in total. The Kier molecular flexibility index (Phi) is 2.29. The molecule has 0 unspecified atom stereocenters. The van der Waals surface area contributed by atoms with Gasteiger partial charge in [0.2, 0.25) is 0 Å². The monoisotopic (exact) mass is 207 g/mol. The van der Waals surface area contributed by atoms with Crippen molar-refractivity contribution in [2.45, 2.75) is 6.42 Å². The smallest absolute Gasteiger partial charge is 0.328 e. The van der Waals surface area contributed by atoms with Crippen molar-refractivity contribution in [3.63, 3.8) is 0 Å². The third-order valence-electron chi connectivity index (χ3n) is 2.10. The zero-order valence-corrected chi connectivity index (χ0v) is 7.82. The van der Waals surface area contributed by atoms with E-state index in [1.165, 1.54) is 6.08 Å². The molecule has 0 saturated heterocycles. The minimum Gasteiger partial charge on any atom is -0.478 e. The van der Waals surface area contributed by atoms with Gasteiger partial charge in [-0.2, -0.15) is 0 Å². The van der Waals surface area contributed by atoms with Gasteiger partial charge in [-0.25, -0.2) is 4.79 Å². The van der Waals surface area contributed by atoms with Gasteiger partial charge in [0.05, 0.1) is 5.56 Å². The highest BCUT2D eigenvalue weighted by atomic mass is 16.4. The summed E-state index contributed by atoms with van der Waals surface area (Å²) in [5.41, 5.74) is 0.492. The van der Waals surface area contributed by atoms with Crippen LogP contribution in [-0.4, -0.2) is 23.5 Å². The van der Waals surface area contributed by atoms with Crippen LogP contribution in [0.15, 0.2) is 16.6 Å². The van der Waals surface area contributed by atoms with Gasteiger partial charge in [-0.1, -0.05) is 0 Å². The summed E-state index contributed by atoms with van der Waals surface area (Å²) in [7, 11) is 0. The summed E-state index contributed by atoms with van der Waals surface area (Å²) in [6, 6.07) is 1.54. The molecule has 0 saturated carbocycles. The quantitative estimate of drug-likeness (QED) is 0.698. The molecule has 15 heavy (non-hydrogen) atoms. The molecule has 1 aromatic rings. The van der Waals surface area contributed by atoms with Crippen LogP contribution in [0, 0.1) is 0 Å². The second kappa shape index (κ2) is 3.61. The van der Waals surface area contributed by atoms with Crippen LogP contribution in [0.1, 0.15) is 21.9 Å². The Hall–Kier alpha value is -2.04. The minimum atomic E-state index is -1.05. The number of nitrogens with one attached hydrogen (secondary N) is 1. The third kappa shape index (κ3) is 1.90. The largest absolute Gasteiger partial charge is 0.478 e. The Bertz CT molecular complexity index is 444. The van der Waals surface area contributed by atoms with Crippen LogP contribution in [0.25, 0.3) is 6.08 Å². The normalized spacial score (nSPS) is 15.1. The molecular formula is C10H9NO4. The average Bonchev–Trinajstić information content (AvgIpc) is 2.59. The number of rotatable bonds is 2. The number of carboxylic acids is 1. The maximum atomic E-state index is 11.3. The van der Waals surface area contributed by atoms with Crippen molar-refractivity contribution in [2.24, 2.45) is 0 Å². The van der Waals surface area contributed by atoms with E-state index in [-0.39, 0.29) is 5.91 Å². The molecular weight excluding hydrogens is 198 g/mol. The lowest BCUT2D eigenvalue weighted by atomic mass is 10.1. The lowest BCUT2D eigenvalue weighted by Crippen LogP contribution is -2.30. The Morgan fingerprint density at radius 3 is 3.07 bits per heavy atom. The summed E-state index contributed by atoms with van der Waals surface area (Å²) in [5, 5.41) is 11.1. The summed E-state index contributed by atoms with van der Waals surface area (Å²) < 4.78 is 5.32. The number of hydrogen-bond acceptors (Lipinski definition) is 3. The van der Waals surface area contributed by atoms with Gasteiger partial charge in [0.1, 0.15) is 11.5 Å². The van der Waals surface area contributed by atoms with Gasteiger partial charge in [0.25, 0.3) is 5.91 Å². The lowest BCUT2D eigenvalue weighted by molar-refractivity contribution is -0.131. The van der Waals surface area contributed by atoms with E-state index in [0.717, 1.165) is 6.08 Å². The summed E-state index contributed by atoms with van der Waals surface area (Å²) in [6.07, 6.45) is 2.94. The van der Waals surface area contributed by atoms with Crippen LogP contribution in [0.3, 0.4) is 0 Å². The van der Waals surface area contributed by atoms with Gasteiger partial charge in [-0.3, -0.25) is 4.79 Å². The van der Waals surface area contributed by atoms with Crippen LogP contribution in [0.4, 0.5) is 0 Å². The summed E-state index contributed by atoms with van der Waals surface area (Å²) in [6.45, 7) is 0.557. The van der Waals surface area contributed by atoms with Crippen molar-refractivity contribution in [1.82, 2.24) is 5.32 Å². The van der Waals surface area contributed by atoms with Crippen LogP contribution in [0.5, 0.6) is 0 Å². The Morgan fingerprint density at radius 1 is 1.60 bits per heavy atom. The second-order valence-corrected chi connectivity index (χ2v) is 3.16. The van der Waals surface area contributed by atoms with Gasteiger partial charge in [-0.05, 0) is 12.1 Å². The summed E-state index contributed by atoms with van der Waals surface area (Å²) in [5.74, 6) is -0.216. The number of amides is 1. The second-order valence-electron chi connectivity index (χ2n) is 3.16. The number of carboxylic acid groups (broad SMARTS) is 1. The van der Waals surface area contributed by atoms with E-state index in [2.05, 4.69) is 5.32 Å². The van der Waals surface area contributed by atoms with Crippen molar-refractivity contribution in [3.8, 4) is 0 Å². The fourth-order valence-electron chi connectivity index (χ4n) is 1.45. The fraction of sp³-hybridized carbons (Fsp3) is 0.200. The molecule has 0 fully saturated rings. The highest BCUT2D eigenvalue weighted by Gasteiger charge is 2.20. The first-order valence-corrected chi connectivity index (χ1v) is 4.49. The number of aliphatic carboxylic acids is 1. The van der Waals surface area contributed by atoms with Crippen LogP contribution in [-0.2, 0) is 11.2 Å². The van der Waals surface area contributed by atoms with E-state index >= 15 is 0 Å². The first kappa shape index (κ1) is 9.51. The number of carbonyl (C=O) groups is 2.